The number of fused-ring (bicyclic) bond motifs is 1. The standard InChI is InChI=1S/C17H20F3N7S2/c1-2-3-9-6-10-14(24-13(7-12(22)28)25-15(10)29-9)26-4-5-27(11(21)8-26)16(23)17(18,19)20/h6,21,23H,2-5,7-8H2,1H3,(H2,22,28). The van der Waals surface area contributed by atoms with Gasteiger partial charge in [-0.25, -0.2) is 9.97 Å². The molecule has 29 heavy (non-hydrogen) atoms. The Morgan fingerprint density at radius 2 is 2.07 bits per heavy atom. The molecule has 1 aliphatic rings. The van der Waals surface area contributed by atoms with Crippen LogP contribution in [-0.4, -0.2) is 57.3 Å². The average molecular weight is 444 g/mol. The highest BCUT2D eigenvalue weighted by Crippen LogP contribution is 2.33. The summed E-state index contributed by atoms with van der Waals surface area (Å²) in [7, 11) is 0. The predicted octanol–water partition coefficient (Wildman–Crippen LogP) is 3.11. The van der Waals surface area contributed by atoms with Gasteiger partial charge in [-0.3, -0.25) is 10.8 Å². The van der Waals surface area contributed by atoms with Gasteiger partial charge in [-0.05, 0) is 12.5 Å². The van der Waals surface area contributed by atoms with Crippen LogP contribution >= 0.6 is 23.6 Å². The van der Waals surface area contributed by atoms with E-state index >= 15 is 0 Å². The number of thiocarbonyl (C=S) groups is 1. The zero-order valence-electron chi connectivity index (χ0n) is 15.6. The summed E-state index contributed by atoms with van der Waals surface area (Å²) in [6.07, 6.45) is -2.71. The normalized spacial score (nSPS) is 15.2. The van der Waals surface area contributed by atoms with Crippen molar-refractivity contribution in [2.24, 2.45) is 5.73 Å². The van der Waals surface area contributed by atoms with Crippen molar-refractivity contribution in [3.8, 4) is 0 Å². The second kappa shape index (κ2) is 8.19. The van der Waals surface area contributed by atoms with E-state index in [9.17, 15) is 13.2 Å². The first-order valence-corrected chi connectivity index (χ1v) is 10.2. The molecular formula is C17H20F3N7S2. The molecule has 0 aromatic carbocycles. The molecule has 0 unspecified atom stereocenters. The minimum atomic E-state index is -4.79. The van der Waals surface area contributed by atoms with Gasteiger partial charge in [0, 0.05) is 18.0 Å². The summed E-state index contributed by atoms with van der Waals surface area (Å²) in [4.78, 5) is 13.7. The number of nitrogens with one attached hydrogen (secondary N) is 2. The molecule has 3 heterocycles. The van der Waals surface area contributed by atoms with E-state index in [1.807, 2.05) is 6.07 Å². The average Bonchev–Trinajstić information content (AvgIpc) is 3.01. The number of nitrogens with two attached hydrogens (primary N) is 1. The third-order valence-corrected chi connectivity index (χ3v) is 5.63. The number of thiophene rings is 1. The predicted molar refractivity (Wildman–Crippen MR) is 112 cm³/mol. The number of hydrogen-bond acceptors (Lipinski definition) is 7. The van der Waals surface area contributed by atoms with E-state index in [1.54, 1.807) is 16.2 Å². The van der Waals surface area contributed by atoms with Gasteiger partial charge in [-0.1, -0.05) is 25.6 Å². The van der Waals surface area contributed by atoms with Crippen LogP contribution in [0.2, 0.25) is 0 Å². The summed E-state index contributed by atoms with van der Waals surface area (Å²) in [5.74, 6) is -0.820. The summed E-state index contributed by atoms with van der Waals surface area (Å²) < 4.78 is 38.6. The summed E-state index contributed by atoms with van der Waals surface area (Å²) in [5, 5.41) is 16.2. The van der Waals surface area contributed by atoms with Crippen molar-refractivity contribution in [2.75, 3.05) is 24.5 Å². The molecule has 0 saturated carbocycles. The molecule has 2 aromatic heterocycles. The van der Waals surface area contributed by atoms with Crippen LogP contribution in [0, 0.1) is 10.8 Å². The fraction of sp³-hybridized carbons (Fsp3) is 0.471. The van der Waals surface area contributed by atoms with Gasteiger partial charge < -0.3 is 15.5 Å². The summed E-state index contributed by atoms with van der Waals surface area (Å²) in [5.41, 5.74) is 5.63. The number of alkyl halides is 3. The Bertz CT molecular complexity index is 970. The third kappa shape index (κ3) is 4.64. The smallest absolute Gasteiger partial charge is 0.393 e. The number of rotatable bonds is 5. The monoisotopic (exact) mass is 443 g/mol. The largest absolute Gasteiger partial charge is 0.449 e. The van der Waals surface area contributed by atoms with Gasteiger partial charge in [0.15, 0.2) is 0 Å². The minimum absolute atomic E-state index is 0.0873. The summed E-state index contributed by atoms with van der Waals surface area (Å²) in [6.45, 7) is 2.05. The second-order valence-electron chi connectivity index (χ2n) is 6.65. The Hall–Kier alpha value is -2.34. The lowest BCUT2D eigenvalue weighted by atomic mass is 10.2. The van der Waals surface area contributed by atoms with Crippen molar-refractivity contribution < 1.29 is 13.2 Å². The number of piperazine rings is 1. The van der Waals surface area contributed by atoms with E-state index in [-0.39, 0.29) is 36.9 Å². The van der Waals surface area contributed by atoms with Gasteiger partial charge in [-0.15, -0.1) is 11.3 Å². The Balaban J connectivity index is 1.95. The van der Waals surface area contributed by atoms with Gasteiger partial charge in [0.25, 0.3) is 0 Å². The maximum absolute atomic E-state index is 12.9. The molecule has 1 fully saturated rings. The van der Waals surface area contributed by atoms with Crippen LogP contribution in [-0.2, 0) is 12.8 Å². The maximum Gasteiger partial charge on any atom is 0.449 e. The zero-order valence-corrected chi connectivity index (χ0v) is 17.3. The van der Waals surface area contributed by atoms with Crippen LogP contribution in [0.3, 0.4) is 0 Å². The van der Waals surface area contributed by atoms with Gasteiger partial charge >= 0.3 is 6.18 Å². The summed E-state index contributed by atoms with van der Waals surface area (Å²) in [6, 6.07) is 2.00. The highest BCUT2D eigenvalue weighted by molar-refractivity contribution is 7.80. The number of anilines is 1. The molecule has 0 atom stereocenters. The lowest BCUT2D eigenvalue weighted by Gasteiger charge is -2.37. The molecule has 12 heteroatoms. The molecular weight excluding hydrogens is 423 g/mol. The number of hydrogen-bond donors (Lipinski definition) is 3. The van der Waals surface area contributed by atoms with Crippen molar-refractivity contribution in [1.82, 2.24) is 14.9 Å². The lowest BCUT2D eigenvalue weighted by molar-refractivity contribution is -0.0671. The van der Waals surface area contributed by atoms with Gasteiger partial charge in [0.1, 0.15) is 22.3 Å². The van der Waals surface area contributed by atoms with Crippen LogP contribution in [0.15, 0.2) is 6.07 Å². The van der Waals surface area contributed by atoms with Gasteiger partial charge in [0.05, 0.1) is 23.3 Å². The van der Waals surface area contributed by atoms with Crippen molar-refractivity contribution >= 4 is 56.2 Å². The number of nitrogens with zero attached hydrogens (tertiary/aromatic N) is 4. The molecule has 0 aliphatic carbocycles. The molecule has 2 aromatic rings. The Kier molecular flexibility index (Phi) is 6.03. The fourth-order valence-electron chi connectivity index (χ4n) is 3.13. The topological polar surface area (TPSA) is 106 Å². The van der Waals surface area contributed by atoms with E-state index in [0.717, 1.165) is 27.9 Å². The molecule has 1 saturated heterocycles. The van der Waals surface area contributed by atoms with Crippen LogP contribution in [0.4, 0.5) is 19.0 Å². The number of amidine groups is 2. The highest BCUT2D eigenvalue weighted by atomic mass is 32.1. The van der Waals surface area contributed by atoms with Crippen LogP contribution in [0.25, 0.3) is 10.2 Å². The molecule has 7 nitrogen and oxygen atoms in total. The molecule has 3 rings (SSSR count). The third-order valence-electron chi connectivity index (χ3n) is 4.40. The lowest BCUT2D eigenvalue weighted by Crippen LogP contribution is -2.55. The quantitative estimate of drug-likeness (QED) is 0.373. The first kappa shape index (κ1) is 21.4. The van der Waals surface area contributed by atoms with Crippen LogP contribution < -0.4 is 10.6 Å². The van der Waals surface area contributed by atoms with Gasteiger partial charge in [0.2, 0.25) is 5.84 Å². The molecule has 0 amide bonds. The zero-order chi connectivity index (χ0) is 21.3. The van der Waals surface area contributed by atoms with Gasteiger partial charge in [-0.2, -0.15) is 13.2 Å². The van der Waals surface area contributed by atoms with Crippen molar-refractivity contribution in [3.05, 3.63) is 16.8 Å². The Morgan fingerprint density at radius 3 is 2.66 bits per heavy atom. The Morgan fingerprint density at radius 1 is 1.34 bits per heavy atom. The molecule has 0 spiro atoms. The molecule has 4 N–H and O–H groups in total. The minimum Gasteiger partial charge on any atom is -0.393 e. The van der Waals surface area contributed by atoms with E-state index in [1.165, 1.54) is 0 Å². The van der Waals surface area contributed by atoms with E-state index in [2.05, 4.69) is 16.9 Å². The molecule has 0 radical (unpaired) electrons. The first-order valence-electron chi connectivity index (χ1n) is 8.93. The van der Waals surface area contributed by atoms with Crippen LogP contribution in [0.1, 0.15) is 24.0 Å². The van der Waals surface area contributed by atoms with Crippen molar-refractivity contribution in [2.45, 2.75) is 32.4 Å². The Labute approximate surface area is 174 Å². The van der Waals surface area contributed by atoms with E-state index < -0.39 is 12.0 Å². The summed E-state index contributed by atoms with van der Waals surface area (Å²) >= 11 is 6.50. The molecule has 0 bridgehead atoms. The van der Waals surface area contributed by atoms with E-state index in [4.69, 9.17) is 28.8 Å². The number of aromatic nitrogens is 2. The maximum atomic E-state index is 12.9. The first-order chi connectivity index (χ1) is 13.6. The molecule has 156 valence electrons. The SMILES string of the molecule is CCCc1cc2c(N3CCN(C(=N)C(F)(F)F)C(=N)C3)nc(CC(N)=S)nc2s1. The van der Waals surface area contributed by atoms with E-state index in [0.29, 0.717) is 16.5 Å². The van der Waals surface area contributed by atoms with Crippen molar-refractivity contribution in [3.63, 3.8) is 0 Å². The molecule has 1 aliphatic heterocycles. The van der Waals surface area contributed by atoms with Crippen molar-refractivity contribution in [1.29, 1.82) is 10.8 Å². The number of halogens is 3. The van der Waals surface area contributed by atoms with Crippen LogP contribution in [0.5, 0.6) is 0 Å². The number of aryl methyl sites for hydroxylation is 1. The second-order valence-corrected chi connectivity index (χ2v) is 8.29. The highest BCUT2D eigenvalue weighted by Gasteiger charge is 2.41. The fourth-order valence-corrected chi connectivity index (χ4v) is 4.40.